The Balaban J connectivity index is 1.97. The minimum absolute atomic E-state index is 0.595. The Hall–Kier alpha value is -1.70. The Morgan fingerprint density at radius 1 is 1.37 bits per heavy atom. The van der Waals surface area contributed by atoms with Crippen molar-refractivity contribution in [3.8, 4) is 6.07 Å². The van der Waals surface area contributed by atoms with Gasteiger partial charge in [0.05, 0.1) is 22.2 Å². The molecule has 0 saturated heterocycles. The smallest absolute Gasteiger partial charge is 0.116 e. The summed E-state index contributed by atoms with van der Waals surface area (Å²) in [6.45, 7) is 1.91. The summed E-state index contributed by atoms with van der Waals surface area (Å²) in [6, 6.07) is 10.4. The molecule has 0 bridgehead atoms. The van der Waals surface area contributed by atoms with E-state index in [0.29, 0.717) is 18.5 Å². The number of benzene rings is 1. The third-order valence-electron chi connectivity index (χ3n) is 3.79. The topological polar surface area (TPSA) is 56.9 Å². The van der Waals surface area contributed by atoms with Crippen LogP contribution in [0.25, 0.3) is 0 Å². The molecule has 1 atom stereocenters. The van der Waals surface area contributed by atoms with E-state index in [2.05, 4.69) is 11.1 Å². The molecule has 1 aliphatic rings. The molecule has 0 radical (unpaired) electrons. The molecule has 1 aromatic heterocycles. The molecule has 96 valence electrons. The summed E-state index contributed by atoms with van der Waals surface area (Å²) >= 11 is 1.50. The highest BCUT2D eigenvalue weighted by Crippen LogP contribution is 2.45. The van der Waals surface area contributed by atoms with E-state index >= 15 is 0 Å². The maximum Gasteiger partial charge on any atom is 0.116 e. The molecule has 0 fully saturated rings. The molecule has 19 heavy (non-hydrogen) atoms. The molecule has 1 heterocycles. The van der Waals surface area contributed by atoms with Crippen LogP contribution in [-0.4, -0.2) is 10.1 Å². The van der Waals surface area contributed by atoms with Crippen LogP contribution in [0.1, 0.15) is 27.9 Å². The van der Waals surface area contributed by atoms with Crippen LogP contribution in [-0.2, 0) is 12.8 Å². The first-order valence-electron chi connectivity index (χ1n) is 6.23. The molecule has 0 saturated carbocycles. The predicted octanol–water partition coefficient (Wildman–Crippen LogP) is 2.79. The van der Waals surface area contributed by atoms with E-state index < -0.39 is 11.5 Å². The van der Waals surface area contributed by atoms with Crippen molar-refractivity contribution in [2.24, 2.45) is 5.41 Å². The third kappa shape index (κ3) is 1.95. The Labute approximate surface area is 116 Å². The van der Waals surface area contributed by atoms with Gasteiger partial charge in [0.15, 0.2) is 0 Å². The van der Waals surface area contributed by atoms with Gasteiger partial charge in [-0.05, 0) is 30.9 Å². The predicted molar refractivity (Wildman–Crippen MR) is 73.7 cm³/mol. The van der Waals surface area contributed by atoms with Gasteiger partial charge < -0.3 is 5.11 Å². The number of aromatic nitrogens is 1. The van der Waals surface area contributed by atoms with Crippen LogP contribution in [0.15, 0.2) is 29.6 Å². The summed E-state index contributed by atoms with van der Waals surface area (Å²) in [6.07, 6.45) is 0.365. The van der Waals surface area contributed by atoms with Gasteiger partial charge in [-0.25, -0.2) is 4.98 Å². The third-order valence-corrected chi connectivity index (χ3v) is 4.58. The average Bonchev–Trinajstić information content (AvgIpc) is 3.01. The number of hydrogen-bond donors (Lipinski definition) is 1. The van der Waals surface area contributed by atoms with Crippen molar-refractivity contribution >= 4 is 11.3 Å². The maximum absolute atomic E-state index is 10.6. The average molecular weight is 270 g/mol. The lowest BCUT2D eigenvalue weighted by Gasteiger charge is -2.25. The summed E-state index contributed by atoms with van der Waals surface area (Å²) in [5, 5.41) is 22.9. The summed E-state index contributed by atoms with van der Waals surface area (Å²) in [4.78, 5) is 4.33. The number of nitriles is 1. The molecule has 2 aromatic rings. The molecular weight excluding hydrogens is 256 g/mol. The lowest BCUT2D eigenvalue weighted by Crippen LogP contribution is -2.28. The highest BCUT2D eigenvalue weighted by Gasteiger charge is 2.45. The highest BCUT2D eigenvalue weighted by atomic mass is 32.1. The zero-order valence-electron chi connectivity index (χ0n) is 10.6. The van der Waals surface area contributed by atoms with Gasteiger partial charge >= 0.3 is 0 Å². The molecule has 3 nitrogen and oxygen atoms in total. The zero-order chi connectivity index (χ0) is 13.5. The fourth-order valence-electron chi connectivity index (χ4n) is 2.77. The van der Waals surface area contributed by atoms with Gasteiger partial charge in [-0.3, -0.25) is 0 Å². The van der Waals surface area contributed by atoms with E-state index in [1.165, 1.54) is 11.3 Å². The molecule has 4 heteroatoms. The van der Waals surface area contributed by atoms with Gasteiger partial charge in [0.2, 0.25) is 0 Å². The van der Waals surface area contributed by atoms with Crippen molar-refractivity contribution in [3.05, 3.63) is 51.5 Å². The lowest BCUT2D eigenvalue weighted by atomic mass is 9.79. The summed E-state index contributed by atoms with van der Waals surface area (Å²) in [5.74, 6) is 0. The number of aliphatic hydroxyl groups excluding tert-OH is 1. The Morgan fingerprint density at radius 3 is 2.47 bits per heavy atom. The number of rotatable bonds is 2. The highest BCUT2D eigenvalue weighted by molar-refractivity contribution is 7.09. The van der Waals surface area contributed by atoms with E-state index in [9.17, 15) is 10.4 Å². The van der Waals surface area contributed by atoms with Crippen LogP contribution in [0.5, 0.6) is 0 Å². The second-order valence-electron chi connectivity index (χ2n) is 5.08. The van der Waals surface area contributed by atoms with Gasteiger partial charge in [0.1, 0.15) is 6.10 Å². The van der Waals surface area contributed by atoms with Crippen molar-refractivity contribution in [1.29, 1.82) is 5.26 Å². The fraction of sp³-hybridized carbons (Fsp3) is 0.333. The number of fused-ring (bicyclic) bond motifs is 1. The first-order chi connectivity index (χ1) is 9.14. The molecule has 1 N–H and O–H groups in total. The summed E-state index contributed by atoms with van der Waals surface area (Å²) in [5.41, 5.74) is 2.17. The van der Waals surface area contributed by atoms with Crippen molar-refractivity contribution in [2.75, 3.05) is 0 Å². The summed E-state index contributed by atoms with van der Waals surface area (Å²) < 4.78 is 0. The first kappa shape index (κ1) is 12.3. The van der Waals surface area contributed by atoms with E-state index in [1.54, 1.807) is 0 Å². The minimum atomic E-state index is -0.824. The lowest BCUT2D eigenvalue weighted by molar-refractivity contribution is 0.0660. The number of aliphatic hydroxyl groups is 1. The van der Waals surface area contributed by atoms with E-state index in [1.807, 2.05) is 36.6 Å². The zero-order valence-corrected chi connectivity index (χ0v) is 11.4. The van der Waals surface area contributed by atoms with Crippen molar-refractivity contribution < 1.29 is 5.11 Å². The molecular formula is C15H14N2OS. The second-order valence-corrected chi connectivity index (χ2v) is 6.15. The Morgan fingerprint density at radius 2 is 2.00 bits per heavy atom. The Kier molecular flexibility index (Phi) is 2.89. The van der Waals surface area contributed by atoms with Crippen LogP contribution in [0.2, 0.25) is 0 Å². The largest absolute Gasteiger partial charge is 0.385 e. The normalized spacial score (nSPS) is 17.7. The van der Waals surface area contributed by atoms with Gasteiger partial charge in [-0.1, -0.05) is 24.3 Å². The molecule has 1 aliphatic carbocycles. The van der Waals surface area contributed by atoms with Crippen molar-refractivity contribution in [2.45, 2.75) is 25.9 Å². The molecule has 3 rings (SSSR count). The van der Waals surface area contributed by atoms with Gasteiger partial charge in [-0.2, -0.15) is 5.26 Å². The molecule has 1 unspecified atom stereocenters. The van der Waals surface area contributed by atoms with Gasteiger partial charge in [-0.15, -0.1) is 11.3 Å². The van der Waals surface area contributed by atoms with Crippen LogP contribution >= 0.6 is 11.3 Å². The molecule has 0 aliphatic heterocycles. The van der Waals surface area contributed by atoms with Crippen LogP contribution in [0.4, 0.5) is 0 Å². The standard InChI is InChI=1S/C15H14N2OS/c1-10-17-13(8-19-10)14(18)15(9-16)6-11-4-2-3-5-12(11)7-15/h2-5,8,14,18H,6-7H2,1H3. The quantitative estimate of drug-likeness (QED) is 0.913. The monoisotopic (exact) mass is 270 g/mol. The SMILES string of the molecule is Cc1nc(C(O)C2(C#N)Cc3ccccc3C2)cs1. The van der Waals surface area contributed by atoms with Crippen molar-refractivity contribution in [3.63, 3.8) is 0 Å². The molecule has 0 spiro atoms. The minimum Gasteiger partial charge on any atom is -0.385 e. The number of hydrogen-bond acceptors (Lipinski definition) is 4. The van der Waals surface area contributed by atoms with E-state index in [-0.39, 0.29) is 0 Å². The second kappa shape index (κ2) is 4.44. The molecule has 1 aromatic carbocycles. The van der Waals surface area contributed by atoms with Crippen molar-refractivity contribution in [1.82, 2.24) is 4.98 Å². The fourth-order valence-corrected chi connectivity index (χ4v) is 3.40. The summed E-state index contributed by atoms with van der Waals surface area (Å²) in [7, 11) is 0. The van der Waals surface area contributed by atoms with Crippen LogP contribution in [0, 0.1) is 23.7 Å². The number of thiazole rings is 1. The van der Waals surface area contributed by atoms with Gasteiger partial charge in [0, 0.05) is 5.38 Å². The van der Waals surface area contributed by atoms with Gasteiger partial charge in [0.25, 0.3) is 0 Å². The number of nitrogens with zero attached hydrogens (tertiary/aromatic N) is 2. The van der Waals surface area contributed by atoms with Crippen LogP contribution < -0.4 is 0 Å². The first-order valence-corrected chi connectivity index (χ1v) is 7.11. The maximum atomic E-state index is 10.6. The van der Waals surface area contributed by atoms with E-state index in [0.717, 1.165) is 16.1 Å². The molecule has 0 amide bonds. The van der Waals surface area contributed by atoms with E-state index in [4.69, 9.17) is 0 Å². The Bertz CT molecular complexity index is 631. The van der Waals surface area contributed by atoms with Crippen LogP contribution in [0.3, 0.4) is 0 Å². The number of aryl methyl sites for hydroxylation is 1.